The van der Waals surface area contributed by atoms with E-state index in [1.165, 1.54) is 12.3 Å². The van der Waals surface area contributed by atoms with E-state index in [4.69, 9.17) is 9.15 Å². The maximum Gasteiger partial charge on any atom is 0.379 e. The highest BCUT2D eigenvalue weighted by atomic mass is 16.5. The Morgan fingerprint density at radius 1 is 0.935 bits per heavy atom. The zero-order valence-corrected chi connectivity index (χ0v) is 16.7. The van der Waals surface area contributed by atoms with Crippen LogP contribution in [-0.4, -0.2) is 22.2 Å². The molecule has 0 aliphatic heterocycles. The molecule has 0 radical (unpaired) electrons. The quantitative estimate of drug-likeness (QED) is 0.219. The summed E-state index contributed by atoms with van der Waals surface area (Å²) in [4.78, 5) is 24.6. The number of hydrogen-bond acceptors (Lipinski definition) is 5. The van der Waals surface area contributed by atoms with Crippen LogP contribution in [0.3, 0.4) is 0 Å². The van der Waals surface area contributed by atoms with Crippen molar-refractivity contribution in [2.45, 2.75) is 6.92 Å². The van der Waals surface area contributed by atoms with Crippen LogP contribution >= 0.6 is 0 Å². The first-order valence-corrected chi connectivity index (χ1v) is 9.55. The minimum atomic E-state index is -0.572. The van der Waals surface area contributed by atoms with Crippen molar-refractivity contribution in [2.24, 2.45) is 5.10 Å². The first-order valence-electron chi connectivity index (χ1n) is 9.55. The molecule has 2 aromatic heterocycles. The summed E-state index contributed by atoms with van der Waals surface area (Å²) < 4.78 is 12.1. The van der Waals surface area contributed by atoms with Gasteiger partial charge in [0.2, 0.25) is 5.76 Å². The van der Waals surface area contributed by atoms with E-state index in [9.17, 15) is 9.59 Å². The number of carbonyl (C=O) groups excluding carboxylic acids is 2. The van der Waals surface area contributed by atoms with Crippen LogP contribution in [0.5, 0.6) is 5.75 Å². The Morgan fingerprint density at radius 3 is 2.39 bits per heavy atom. The Bertz CT molecular complexity index is 1210. The van der Waals surface area contributed by atoms with Crippen LogP contribution in [0.4, 0.5) is 0 Å². The Morgan fingerprint density at radius 2 is 1.68 bits per heavy atom. The summed E-state index contributed by atoms with van der Waals surface area (Å²) in [6, 6.07) is 21.0. The van der Waals surface area contributed by atoms with E-state index in [-0.39, 0.29) is 11.7 Å². The van der Waals surface area contributed by atoms with E-state index in [1.54, 1.807) is 49.4 Å². The Kier molecular flexibility index (Phi) is 5.75. The molecule has 0 saturated heterocycles. The average molecular weight is 413 g/mol. The van der Waals surface area contributed by atoms with Gasteiger partial charge in [-0.15, -0.1) is 0 Å². The monoisotopic (exact) mass is 413 g/mol. The third-order valence-corrected chi connectivity index (χ3v) is 4.56. The molecule has 0 bridgehead atoms. The summed E-state index contributed by atoms with van der Waals surface area (Å²) in [6.07, 6.45) is 5.16. The third kappa shape index (κ3) is 4.62. The number of nitrogens with zero attached hydrogens (tertiary/aromatic N) is 2. The van der Waals surface area contributed by atoms with Crippen LogP contribution < -0.4 is 10.2 Å². The molecule has 1 N–H and O–H groups in total. The van der Waals surface area contributed by atoms with Crippen molar-refractivity contribution in [1.29, 1.82) is 0 Å². The Hall–Kier alpha value is -4.39. The van der Waals surface area contributed by atoms with Crippen molar-refractivity contribution >= 4 is 17.6 Å². The maximum atomic E-state index is 12.7. The van der Waals surface area contributed by atoms with Crippen molar-refractivity contribution < 1.29 is 18.7 Å². The molecule has 2 aromatic carbocycles. The lowest BCUT2D eigenvalue weighted by Gasteiger charge is -2.10. The number of nitrogens with one attached hydrogen (secondary N) is 1. The van der Waals surface area contributed by atoms with Crippen LogP contribution in [0.25, 0.3) is 5.69 Å². The van der Waals surface area contributed by atoms with E-state index in [0.29, 0.717) is 17.0 Å². The minimum absolute atomic E-state index is 0.129. The van der Waals surface area contributed by atoms with Crippen LogP contribution in [0, 0.1) is 0 Å². The fourth-order valence-corrected chi connectivity index (χ4v) is 2.96. The van der Waals surface area contributed by atoms with E-state index < -0.39 is 5.97 Å². The highest BCUT2D eigenvalue weighted by Gasteiger charge is 2.13. The molecule has 7 heteroatoms. The van der Waals surface area contributed by atoms with Crippen LogP contribution in [-0.2, 0) is 0 Å². The summed E-state index contributed by atoms with van der Waals surface area (Å²) >= 11 is 0. The van der Waals surface area contributed by atoms with Gasteiger partial charge in [-0.2, -0.15) is 5.10 Å². The number of carbonyl (C=O) groups is 2. The molecule has 0 aliphatic carbocycles. The first kappa shape index (κ1) is 19.9. The Labute approximate surface area is 178 Å². The van der Waals surface area contributed by atoms with Crippen molar-refractivity contribution in [3.8, 4) is 11.4 Å². The van der Waals surface area contributed by atoms with Gasteiger partial charge in [-0.3, -0.25) is 4.79 Å². The lowest BCUT2D eigenvalue weighted by molar-refractivity contribution is 0.0701. The number of amides is 1. The molecule has 1 amide bonds. The number of para-hydroxylation sites is 1. The van der Waals surface area contributed by atoms with Gasteiger partial charge in [-0.25, -0.2) is 10.2 Å². The second-order valence-corrected chi connectivity index (χ2v) is 6.64. The lowest BCUT2D eigenvalue weighted by Crippen LogP contribution is -2.21. The molecule has 2 heterocycles. The zero-order valence-electron chi connectivity index (χ0n) is 16.7. The van der Waals surface area contributed by atoms with Crippen LogP contribution in [0.1, 0.15) is 33.4 Å². The predicted octanol–water partition coefficient (Wildman–Crippen LogP) is 4.44. The standard InChI is InChI=1S/C24H19N3O4/c1-17(18-10-12-19(13-11-18)31-24(29)22-9-6-16-30-22)25-26-23(28)20-7-2-3-8-21(20)27-14-4-5-15-27/h2-16H,1H3,(H,26,28)/b25-17+. The molecule has 0 aliphatic rings. The molecule has 7 nitrogen and oxygen atoms in total. The van der Waals surface area contributed by atoms with Gasteiger partial charge in [0.05, 0.1) is 23.2 Å². The molecule has 0 atom stereocenters. The lowest BCUT2D eigenvalue weighted by atomic mass is 10.1. The van der Waals surface area contributed by atoms with E-state index in [1.807, 2.05) is 41.2 Å². The van der Waals surface area contributed by atoms with Gasteiger partial charge in [-0.1, -0.05) is 12.1 Å². The third-order valence-electron chi connectivity index (χ3n) is 4.56. The molecule has 4 rings (SSSR count). The summed E-state index contributed by atoms with van der Waals surface area (Å²) in [5.41, 5.74) is 5.26. The molecule has 0 spiro atoms. The molecule has 0 saturated carbocycles. The van der Waals surface area contributed by atoms with Crippen LogP contribution in [0.15, 0.2) is 101 Å². The summed E-state index contributed by atoms with van der Waals surface area (Å²) in [5, 5.41) is 4.21. The fraction of sp³-hybridized carbons (Fsp3) is 0.0417. The van der Waals surface area contributed by atoms with Gasteiger partial charge >= 0.3 is 5.97 Å². The zero-order chi connectivity index (χ0) is 21.6. The number of rotatable bonds is 6. The SMILES string of the molecule is C/C(=N\NC(=O)c1ccccc1-n1cccc1)c1ccc(OC(=O)c2ccco2)cc1. The number of esters is 1. The second-order valence-electron chi connectivity index (χ2n) is 6.64. The summed E-state index contributed by atoms with van der Waals surface area (Å²) in [5.74, 6) is -0.378. The minimum Gasteiger partial charge on any atom is -0.457 e. The number of hydrogen-bond donors (Lipinski definition) is 1. The smallest absolute Gasteiger partial charge is 0.379 e. The number of aromatic nitrogens is 1. The van der Waals surface area contributed by atoms with Crippen molar-refractivity contribution in [1.82, 2.24) is 9.99 Å². The highest BCUT2D eigenvalue weighted by Crippen LogP contribution is 2.16. The van der Waals surface area contributed by atoms with Crippen molar-refractivity contribution in [2.75, 3.05) is 0 Å². The van der Waals surface area contributed by atoms with Crippen molar-refractivity contribution in [3.05, 3.63) is 108 Å². The fourth-order valence-electron chi connectivity index (χ4n) is 2.96. The molecule has 4 aromatic rings. The van der Waals surface area contributed by atoms with Crippen LogP contribution in [0.2, 0.25) is 0 Å². The maximum absolute atomic E-state index is 12.7. The van der Waals surface area contributed by atoms with Gasteiger partial charge in [-0.05, 0) is 73.2 Å². The normalized spacial score (nSPS) is 11.2. The van der Waals surface area contributed by atoms with E-state index >= 15 is 0 Å². The summed E-state index contributed by atoms with van der Waals surface area (Å²) in [7, 11) is 0. The highest BCUT2D eigenvalue weighted by molar-refractivity contribution is 6.02. The molecule has 31 heavy (non-hydrogen) atoms. The molecular formula is C24H19N3O4. The topological polar surface area (TPSA) is 85.8 Å². The number of furan rings is 1. The first-order chi connectivity index (χ1) is 15.1. The second kappa shape index (κ2) is 8.96. The van der Waals surface area contributed by atoms with Gasteiger partial charge < -0.3 is 13.7 Å². The molecule has 0 unspecified atom stereocenters. The average Bonchev–Trinajstić information content (AvgIpc) is 3.52. The predicted molar refractivity (Wildman–Crippen MR) is 116 cm³/mol. The van der Waals surface area contributed by atoms with E-state index in [2.05, 4.69) is 10.5 Å². The molecule has 154 valence electrons. The van der Waals surface area contributed by atoms with Gasteiger partial charge in [0.1, 0.15) is 5.75 Å². The number of ether oxygens (including phenoxy) is 1. The van der Waals surface area contributed by atoms with E-state index in [0.717, 1.165) is 11.3 Å². The Balaban J connectivity index is 1.43. The largest absolute Gasteiger partial charge is 0.457 e. The van der Waals surface area contributed by atoms with Gasteiger partial charge in [0.25, 0.3) is 5.91 Å². The summed E-state index contributed by atoms with van der Waals surface area (Å²) in [6.45, 7) is 1.78. The van der Waals surface area contributed by atoms with Gasteiger partial charge in [0, 0.05) is 12.4 Å². The molecular weight excluding hydrogens is 394 g/mol. The van der Waals surface area contributed by atoms with Gasteiger partial charge in [0.15, 0.2) is 0 Å². The number of benzene rings is 2. The number of hydrazone groups is 1. The van der Waals surface area contributed by atoms with Crippen molar-refractivity contribution in [3.63, 3.8) is 0 Å². The molecule has 0 fully saturated rings.